The molecule has 86 valence electrons. The van der Waals surface area contributed by atoms with Gasteiger partial charge in [-0.15, -0.1) is 0 Å². The Morgan fingerprint density at radius 3 is 2.60 bits per heavy atom. The van der Waals surface area contributed by atoms with E-state index in [1.165, 1.54) is 17.1 Å². The number of anilines is 1. The van der Waals surface area contributed by atoms with Gasteiger partial charge in [0.2, 0.25) is 5.95 Å². The van der Waals surface area contributed by atoms with Crippen molar-refractivity contribution in [1.29, 1.82) is 0 Å². The summed E-state index contributed by atoms with van der Waals surface area (Å²) in [6.07, 6.45) is -2.03. The summed E-state index contributed by atoms with van der Waals surface area (Å²) in [6.45, 7) is -1.64. The second-order valence-electron chi connectivity index (χ2n) is 2.48. The topological polar surface area (TPSA) is 86.9 Å². The summed E-state index contributed by atoms with van der Waals surface area (Å²) in [4.78, 5) is 5.85. The van der Waals surface area contributed by atoms with Gasteiger partial charge in [-0.2, -0.15) is 26.3 Å². The Balaban J connectivity index is 2.54. The highest BCUT2D eigenvalue weighted by Gasteiger charge is 2.29. The lowest BCUT2D eigenvalue weighted by Gasteiger charge is -2.09. The normalized spacial score (nSPS) is 12.7. The average molecular weight is 244 g/mol. The molecule has 1 rings (SSSR count). The van der Waals surface area contributed by atoms with E-state index in [1.54, 1.807) is 4.72 Å². The third-order valence-electron chi connectivity index (χ3n) is 1.19. The number of rotatable bonds is 4. The van der Waals surface area contributed by atoms with Crippen LogP contribution in [0.3, 0.4) is 0 Å². The van der Waals surface area contributed by atoms with Gasteiger partial charge in [-0.3, -0.25) is 0 Å². The summed E-state index contributed by atoms with van der Waals surface area (Å²) < 4.78 is 60.1. The molecule has 0 bridgehead atoms. The highest BCUT2D eigenvalue weighted by atomic mass is 32.2. The number of nitrogens with zero attached hydrogens (tertiary/aromatic N) is 1. The summed E-state index contributed by atoms with van der Waals surface area (Å²) in [5, 5.41) is 0. The summed E-state index contributed by atoms with van der Waals surface area (Å²) in [6, 6.07) is 0. The van der Waals surface area contributed by atoms with E-state index >= 15 is 0 Å². The van der Waals surface area contributed by atoms with Crippen LogP contribution in [0.15, 0.2) is 12.4 Å². The molecule has 0 fully saturated rings. The zero-order chi connectivity index (χ0) is 11.5. The van der Waals surface area contributed by atoms with Crippen LogP contribution >= 0.6 is 0 Å². The molecule has 0 aliphatic carbocycles. The SMILES string of the molecule is O=S(=O)(NCC(F)(F)F)Nc1ncc[nH]1. The highest BCUT2D eigenvalue weighted by Crippen LogP contribution is 2.12. The van der Waals surface area contributed by atoms with Gasteiger partial charge in [0.15, 0.2) is 0 Å². The molecule has 0 spiro atoms. The van der Waals surface area contributed by atoms with Gasteiger partial charge in [-0.25, -0.2) is 9.71 Å². The number of alkyl halides is 3. The quantitative estimate of drug-likeness (QED) is 0.708. The zero-order valence-corrected chi connectivity index (χ0v) is 7.98. The molecular weight excluding hydrogens is 237 g/mol. The van der Waals surface area contributed by atoms with E-state index in [4.69, 9.17) is 0 Å². The van der Waals surface area contributed by atoms with Crippen LogP contribution < -0.4 is 9.44 Å². The molecule has 6 nitrogen and oxygen atoms in total. The Morgan fingerprint density at radius 2 is 2.13 bits per heavy atom. The molecule has 0 saturated carbocycles. The van der Waals surface area contributed by atoms with Gasteiger partial charge in [0.05, 0.1) is 0 Å². The first-order valence-corrected chi connectivity index (χ1v) is 5.10. The fourth-order valence-electron chi connectivity index (χ4n) is 0.661. The molecule has 3 N–H and O–H groups in total. The summed E-state index contributed by atoms with van der Waals surface area (Å²) in [5.74, 6) is -0.162. The molecule has 1 heterocycles. The van der Waals surface area contributed by atoms with Crippen LogP contribution in [0.2, 0.25) is 0 Å². The average Bonchev–Trinajstić information content (AvgIpc) is 2.52. The molecule has 0 aliphatic rings. The predicted molar refractivity (Wildman–Crippen MR) is 45.2 cm³/mol. The van der Waals surface area contributed by atoms with E-state index in [2.05, 4.69) is 9.97 Å². The summed E-state index contributed by atoms with van der Waals surface area (Å²) >= 11 is 0. The van der Waals surface area contributed by atoms with Crippen LogP contribution in [0.25, 0.3) is 0 Å². The van der Waals surface area contributed by atoms with Crippen molar-refractivity contribution in [1.82, 2.24) is 14.7 Å². The van der Waals surface area contributed by atoms with Crippen LogP contribution in [0.4, 0.5) is 19.1 Å². The van der Waals surface area contributed by atoms with Gasteiger partial charge in [0.1, 0.15) is 6.54 Å². The fraction of sp³-hybridized carbons (Fsp3) is 0.400. The predicted octanol–water partition coefficient (Wildman–Crippen LogP) is 0.218. The second-order valence-corrected chi connectivity index (χ2v) is 3.98. The van der Waals surface area contributed by atoms with Gasteiger partial charge < -0.3 is 4.98 Å². The molecule has 0 amide bonds. The molecule has 0 aromatic carbocycles. The van der Waals surface area contributed by atoms with Crippen molar-refractivity contribution < 1.29 is 21.6 Å². The van der Waals surface area contributed by atoms with Crippen LogP contribution in [-0.4, -0.2) is 31.1 Å². The van der Waals surface area contributed by atoms with E-state index in [0.717, 1.165) is 0 Å². The molecule has 15 heavy (non-hydrogen) atoms. The first kappa shape index (κ1) is 11.8. The van der Waals surface area contributed by atoms with Gasteiger partial charge in [-0.05, 0) is 0 Å². The Morgan fingerprint density at radius 1 is 1.47 bits per heavy atom. The van der Waals surface area contributed by atoms with E-state index < -0.39 is 22.9 Å². The standard InChI is InChI=1S/C5H7F3N4O2S/c6-5(7,8)3-11-15(13,14)12-4-9-1-2-10-4/h1-2,11H,3H2,(H2,9,10,12). The van der Waals surface area contributed by atoms with Crippen molar-refractivity contribution in [2.45, 2.75) is 6.18 Å². The summed E-state index contributed by atoms with van der Waals surface area (Å²) in [7, 11) is -4.25. The molecule has 0 atom stereocenters. The maximum Gasteiger partial charge on any atom is 0.402 e. The van der Waals surface area contributed by atoms with Crippen molar-refractivity contribution >= 4 is 16.2 Å². The number of halogens is 3. The van der Waals surface area contributed by atoms with Crippen molar-refractivity contribution in [3.05, 3.63) is 12.4 Å². The van der Waals surface area contributed by atoms with Crippen molar-refractivity contribution in [2.75, 3.05) is 11.3 Å². The molecule has 1 aromatic rings. The Labute approximate surface area is 83.1 Å². The molecule has 10 heteroatoms. The molecule has 0 saturated heterocycles. The maximum atomic E-state index is 11.7. The lowest BCUT2D eigenvalue weighted by atomic mass is 10.7. The first-order valence-electron chi connectivity index (χ1n) is 3.62. The van der Waals surface area contributed by atoms with Gasteiger partial charge in [0.25, 0.3) is 0 Å². The number of nitrogens with one attached hydrogen (secondary N) is 3. The number of hydrogen-bond donors (Lipinski definition) is 3. The zero-order valence-electron chi connectivity index (χ0n) is 7.17. The maximum absolute atomic E-state index is 11.7. The van der Waals surface area contributed by atoms with Crippen LogP contribution in [0, 0.1) is 0 Å². The number of imidazole rings is 1. The number of H-pyrrole nitrogens is 1. The molecule has 0 radical (unpaired) electrons. The second kappa shape index (κ2) is 4.06. The number of aromatic nitrogens is 2. The molecule has 0 unspecified atom stereocenters. The monoisotopic (exact) mass is 244 g/mol. The first-order chi connectivity index (χ1) is 6.79. The van der Waals surface area contributed by atoms with E-state index in [0.29, 0.717) is 0 Å². The number of aromatic amines is 1. The highest BCUT2D eigenvalue weighted by molar-refractivity contribution is 7.90. The van der Waals surface area contributed by atoms with Crippen molar-refractivity contribution in [2.24, 2.45) is 0 Å². The van der Waals surface area contributed by atoms with Gasteiger partial charge in [0, 0.05) is 12.4 Å². The van der Waals surface area contributed by atoms with E-state index in [-0.39, 0.29) is 5.95 Å². The van der Waals surface area contributed by atoms with Gasteiger partial charge in [-0.1, -0.05) is 0 Å². The van der Waals surface area contributed by atoms with E-state index in [1.807, 2.05) is 0 Å². The Kier molecular flexibility index (Phi) is 3.19. The van der Waals surface area contributed by atoms with E-state index in [9.17, 15) is 21.6 Å². The third kappa shape index (κ3) is 4.65. The van der Waals surface area contributed by atoms with Crippen molar-refractivity contribution in [3.63, 3.8) is 0 Å². The summed E-state index contributed by atoms with van der Waals surface area (Å²) in [5.41, 5.74) is 0. The Bertz CT molecular complexity index is 398. The minimum atomic E-state index is -4.60. The molecule has 1 aromatic heterocycles. The van der Waals surface area contributed by atoms with Crippen LogP contribution in [0.1, 0.15) is 0 Å². The molecular formula is C5H7F3N4O2S. The van der Waals surface area contributed by atoms with Crippen LogP contribution in [-0.2, 0) is 10.2 Å². The Hall–Kier alpha value is -1.29. The smallest absolute Gasteiger partial charge is 0.330 e. The minimum absolute atomic E-state index is 0.162. The lowest BCUT2D eigenvalue weighted by Crippen LogP contribution is -2.37. The molecule has 0 aliphatic heterocycles. The minimum Gasteiger partial charge on any atom is -0.330 e. The number of hydrogen-bond acceptors (Lipinski definition) is 3. The third-order valence-corrected chi connectivity index (χ3v) is 2.18. The lowest BCUT2D eigenvalue weighted by molar-refractivity contribution is -0.121. The van der Waals surface area contributed by atoms with Gasteiger partial charge >= 0.3 is 16.4 Å². The fourth-order valence-corrected chi connectivity index (χ4v) is 1.45. The largest absolute Gasteiger partial charge is 0.402 e. The van der Waals surface area contributed by atoms with Crippen LogP contribution in [0.5, 0.6) is 0 Å². The van der Waals surface area contributed by atoms with Crippen molar-refractivity contribution in [3.8, 4) is 0 Å².